The number of esters is 1. The number of hydrogen-bond donors (Lipinski definition) is 0. The largest absolute Gasteiger partial charge is 0.469 e. The van der Waals surface area contributed by atoms with Crippen LogP contribution < -0.4 is 0 Å². The van der Waals surface area contributed by atoms with Crippen LogP contribution in [0.1, 0.15) is 25.3 Å². The Bertz CT molecular complexity index is 636. The van der Waals surface area contributed by atoms with Crippen LogP contribution in [0, 0.1) is 6.92 Å². The summed E-state index contributed by atoms with van der Waals surface area (Å²) in [5, 5.41) is 0. The molecule has 0 heterocycles. The molecule has 122 valence electrons. The highest BCUT2D eigenvalue weighted by Gasteiger charge is 2.27. The SMILES string of the molecule is COC(=O)CC(=O)C[C@H](C)N(C)S(=O)(=O)c1ccc(C)cc1. The molecule has 6 nitrogen and oxygen atoms in total. The minimum Gasteiger partial charge on any atom is -0.469 e. The second-order valence-electron chi connectivity index (χ2n) is 5.18. The summed E-state index contributed by atoms with van der Waals surface area (Å²) in [5.74, 6) is -0.980. The molecular weight excluding hydrogens is 306 g/mol. The number of ketones is 1. The summed E-state index contributed by atoms with van der Waals surface area (Å²) in [6, 6.07) is 5.94. The van der Waals surface area contributed by atoms with Crippen molar-refractivity contribution in [1.29, 1.82) is 0 Å². The third kappa shape index (κ3) is 4.64. The molecule has 0 aliphatic carbocycles. The van der Waals surface area contributed by atoms with Crippen molar-refractivity contribution in [2.45, 2.75) is 37.6 Å². The summed E-state index contributed by atoms with van der Waals surface area (Å²) in [6.07, 6.45) is -0.393. The molecule has 1 atom stereocenters. The Morgan fingerprint density at radius 2 is 1.77 bits per heavy atom. The number of aryl methyl sites for hydroxylation is 1. The summed E-state index contributed by atoms with van der Waals surface area (Å²) >= 11 is 0. The number of ether oxygens (including phenoxy) is 1. The molecule has 0 aliphatic heterocycles. The molecule has 1 rings (SSSR count). The van der Waals surface area contributed by atoms with Crippen LogP contribution in [0.5, 0.6) is 0 Å². The molecule has 0 amide bonds. The van der Waals surface area contributed by atoms with Gasteiger partial charge in [-0.15, -0.1) is 0 Å². The Hall–Kier alpha value is -1.73. The van der Waals surface area contributed by atoms with Crippen molar-refractivity contribution in [2.24, 2.45) is 0 Å². The smallest absolute Gasteiger partial charge is 0.313 e. The van der Waals surface area contributed by atoms with Gasteiger partial charge in [-0.3, -0.25) is 9.59 Å². The molecule has 0 aliphatic rings. The monoisotopic (exact) mass is 327 g/mol. The number of rotatable bonds is 7. The summed E-state index contributed by atoms with van der Waals surface area (Å²) in [7, 11) is -1.05. The predicted octanol–water partition coefficient (Wildman–Crippen LogP) is 1.53. The van der Waals surface area contributed by atoms with Gasteiger partial charge in [0.05, 0.1) is 12.0 Å². The molecule has 0 aromatic heterocycles. The summed E-state index contributed by atoms with van der Waals surface area (Å²) < 4.78 is 30.5. The first-order valence-corrected chi connectivity index (χ1v) is 8.25. The van der Waals surface area contributed by atoms with Crippen LogP contribution in [0.15, 0.2) is 29.2 Å². The van der Waals surface area contributed by atoms with Crippen molar-refractivity contribution in [1.82, 2.24) is 4.31 Å². The van der Waals surface area contributed by atoms with Crippen LogP contribution in [0.3, 0.4) is 0 Å². The quantitative estimate of drug-likeness (QED) is 0.560. The highest BCUT2D eigenvalue weighted by atomic mass is 32.2. The number of sulfonamides is 1. The molecular formula is C15H21NO5S. The highest BCUT2D eigenvalue weighted by molar-refractivity contribution is 7.89. The van der Waals surface area contributed by atoms with E-state index in [-0.39, 0.29) is 23.5 Å². The Labute approximate surface area is 131 Å². The number of carbonyl (C=O) groups is 2. The van der Waals surface area contributed by atoms with E-state index in [9.17, 15) is 18.0 Å². The Morgan fingerprint density at radius 1 is 1.23 bits per heavy atom. The van der Waals surface area contributed by atoms with Gasteiger partial charge in [-0.2, -0.15) is 4.31 Å². The standard InChI is InChI=1S/C15H21NO5S/c1-11-5-7-14(8-6-11)22(19,20)16(3)12(2)9-13(17)10-15(18)21-4/h5-8,12H,9-10H2,1-4H3/t12-/m0/s1. The molecule has 1 aromatic carbocycles. The van der Waals surface area contributed by atoms with Crippen LogP contribution in [0.25, 0.3) is 0 Å². The van der Waals surface area contributed by atoms with E-state index in [1.54, 1.807) is 19.1 Å². The van der Waals surface area contributed by atoms with E-state index in [4.69, 9.17) is 0 Å². The number of nitrogens with zero attached hydrogens (tertiary/aromatic N) is 1. The molecule has 22 heavy (non-hydrogen) atoms. The van der Waals surface area contributed by atoms with Gasteiger partial charge < -0.3 is 4.74 Å². The van der Waals surface area contributed by atoms with E-state index in [2.05, 4.69) is 4.74 Å². The lowest BCUT2D eigenvalue weighted by atomic mass is 10.1. The average molecular weight is 327 g/mol. The Kier molecular flexibility index (Phi) is 6.25. The van der Waals surface area contributed by atoms with Crippen LogP contribution in [0.2, 0.25) is 0 Å². The maximum Gasteiger partial charge on any atom is 0.313 e. The van der Waals surface area contributed by atoms with E-state index in [0.29, 0.717) is 0 Å². The summed E-state index contributed by atoms with van der Waals surface area (Å²) in [6.45, 7) is 3.50. The molecule has 0 saturated carbocycles. The number of methoxy groups -OCH3 is 1. The first kappa shape index (κ1) is 18.3. The van der Waals surface area contributed by atoms with Gasteiger partial charge >= 0.3 is 5.97 Å². The van der Waals surface area contributed by atoms with E-state index < -0.39 is 22.0 Å². The van der Waals surface area contributed by atoms with Crippen molar-refractivity contribution in [3.63, 3.8) is 0 Å². The van der Waals surface area contributed by atoms with Crippen LogP contribution in [-0.4, -0.2) is 44.7 Å². The second-order valence-corrected chi connectivity index (χ2v) is 7.18. The zero-order valence-corrected chi connectivity index (χ0v) is 14.0. The molecule has 7 heteroatoms. The van der Waals surface area contributed by atoms with Crippen LogP contribution in [-0.2, 0) is 24.3 Å². The van der Waals surface area contributed by atoms with Gasteiger partial charge in [0.25, 0.3) is 0 Å². The predicted molar refractivity (Wildman–Crippen MR) is 81.8 cm³/mol. The van der Waals surface area contributed by atoms with Crippen molar-refractivity contribution in [3.8, 4) is 0 Å². The number of carbonyl (C=O) groups excluding carboxylic acids is 2. The van der Waals surface area contributed by atoms with Crippen molar-refractivity contribution in [3.05, 3.63) is 29.8 Å². The zero-order valence-electron chi connectivity index (χ0n) is 13.2. The molecule has 0 N–H and O–H groups in total. The van der Waals surface area contributed by atoms with Crippen LogP contribution in [0.4, 0.5) is 0 Å². The second kappa shape index (κ2) is 7.51. The number of Topliss-reactive ketones (excluding diaryl/α,β-unsaturated/α-hetero) is 1. The lowest BCUT2D eigenvalue weighted by Crippen LogP contribution is -2.36. The van der Waals surface area contributed by atoms with Gasteiger partial charge in [-0.05, 0) is 26.0 Å². The fourth-order valence-corrected chi connectivity index (χ4v) is 3.24. The molecule has 0 bridgehead atoms. The molecule has 0 unspecified atom stereocenters. The third-order valence-corrected chi connectivity index (χ3v) is 5.40. The zero-order chi connectivity index (χ0) is 16.9. The Morgan fingerprint density at radius 3 is 2.27 bits per heavy atom. The first-order valence-electron chi connectivity index (χ1n) is 6.81. The fraction of sp³-hybridized carbons (Fsp3) is 0.467. The van der Waals surface area contributed by atoms with Gasteiger partial charge in [-0.1, -0.05) is 17.7 Å². The summed E-state index contributed by atoms with van der Waals surface area (Å²) in [4.78, 5) is 22.9. The van der Waals surface area contributed by atoms with Crippen LogP contribution >= 0.6 is 0 Å². The Balaban J connectivity index is 2.80. The fourth-order valence-electron chi connectivity index (χ4n) is 1.88. The first-order chi connectivity index (χ1) is 10.2. The normalized spacial score (nSPS) is 13.0. The topological polar surface area (TPSA) is 80.8 Å². The maximum atomic E-state index is 12.5. The van der Waals surface area contributed by atoms with Crippen molar-refractivity contribution >= 4 is 21.8 Å². The van der Waals surface area contributed by atoms with Crippen molar-refractivity contribution < 1.29 is 22.7 Å². The number of hydrogen-bond acceptors (Lipinski definition) is 5. The number of benzene rings is 1. The minimum atomic E-state index is -3.67. The van der Waals surface area contributed by atoms with E-state index in [0.717, 1.165) is 9.87 Å². The molecule has 0 radical (unpaired) electrons. The molecule has 1 aromatic rings. The maximum absolute atomic E-state index is 12.5. The third-order valence-electron chi connectivity index (χ3n) is 3.41. The van der Waals surface area contributed by atoms with Gasteiger partial charge in [0.15, 0.2) is 0 Å². The van der Waals surface area contributed by atoms with Crippen molar-refractivity contribution in [2.75, 3.05) is 14.2 Å². The summed E-state index contributed by atoms with van der Waals surface area (Å²) in [5.41, 5.74) is 0.961. The lowest BCUT2D eigenvalue weighted by Gasteiger charge is -2.23. The van der Waals surface area contributed by atoms with Gasteiger partial charge in [0.2, 0.25) is 10.0 Å². The van der Waals surface area contributed by atoms with E-state index in [1.165, 1.54) is 26.3 Å². The minimum absolute atomic E-state index is 0.0449. The molecule has 0 fully saturated rings. The molecule has 0 saturated heterocycles. The average Bonchev–Trinajstić information content (AvgIpc) is 2.46. The van der Waals surface area contributed by atoms with Gasteiger partial charge in [0.1, 0.15) is 12.2 Å². The van der Waals surface area contributed by atoms with Gasteiger partial charge in [0, 0.05) is 19.5 Å². The molecule has 0 spiro atoms. The van der Waals surface area contributed by atoms with Gasteiger partial charge in [-0.25, -0.2) is 8.42 Å². The van der Waals surface area contributed by atoms with E-state index in [1.807, 2.05) is 6.92 Å². The lowest BCUT2D eigenvalue weighted by molar-refractivity contribution is -0.143. The highest BCUT2D eigenvalue weighted by Crippen LogP contribution is 2.18. The van der Waals surface area contributed by atoms with E-state index >= 15 is 0 Å².